The summed E-state index contributed by atoms with van der Waals surface area (Å²) in [5, 5.41) is 11.1. The van der Waals surface area contributed by atoms with Gasteiger partial charge in [0.25, 0.3) is 11.1 Å². The van der Waals surface area contributed by atoms with Crippen molar-refractivity contribution >= 4 is 0 Å². The van der Waals surface area contributed by atoms with E-state index in [1.54, 1.807) is 13.8 Å². The van der Waals surface area contributed by atoms with Gasteiger partial charge in [0, 0.05) is 24.3 Å². The molecule has 2 N–H and O–H groups in total. The van der Waals surface area contributed by atoms with Gasteiger partial charge in [-0.3, -0.25) is 19.4 Å². The maximum absolute atomic E-state index is 11.7. The molecule has 1 rings (SSSR count). The molecule has 0 aliphatic heterocycles. The molecule has 0 atom stereocenters. The van der Waals surface area contributed by atoms with Gasteiger partial charge < -0.3 is 5.11 Å². The molecule has 15 heavy (non-hydrogen) atoms. The lowest BCUT2D eigenvalue weighted by Gasteiger charge is -2.07. The highest BCUT2D eigenvalue weighted by molar-refractivity contribution is 5.17. The van der Waals surface area contributed by atoms with Gasteiger partial charge in [-0.2, -0.15) is 0 Å². The molecule has 0 saturated heterocycles. The molecule has 84 valence electrons. The largest absolute Gasteiger partial charge is 0.396 e. The molecule has 0 saturated carbocycles. The summed E-state index contributed by atoms with van der Waals surface area (Å²) >= 11 is 0. The molecular weight excluding hydrogens is 196 g/mol. The summed E-state index contributed by atoms with van der Waals surface area (Å²) in [6, 6.07) is 0. The third-order valence-corrected chi connectivity index (χ3v) is 2.50. The van der Waals surface area contributed by atoms with Crippen molar-refractivity contribution < 1.29 is 5.11 Å². The second-order valence-corrected chi connectivity index (χ2v) is 3.58. The molecule has 1 heterocycles. The normalized spacial score (nSPS) is 10.6. The number of rotatable bonds is 4. The molecule has 0 bridgehead atoms. The van der Waals surface area contributed by atoms with Crippen LogP contribution in [0.15, 0.2) is 9.59 Å². The van der Waals surface area contributed by atoms with Crippen LogP contribution in [0.25, 0.3) is 0 Å². The standard InChI is InChI=1S/C10H16N2O3/c1-7-8(2)10(15)12(11-9(7)14)5-3-4-6-13/h13H,3-6H2,1-2H3,(H,11,14). The Balaban J connectivity index is 3.00. The van der Waals surface area contributed by atoms with Crippen LogP contribution in [0, 0.1) is 13.8 Å². The van der Waals surface area contributed by atoms with Crippen LogP contribution in [0.1, 0.15) is 24.0 Å². The molecule has 0 spiro atoms. The quantitative estimate of drug-likeness (QED) is 0.686. The summed E-state index contributed by atoms with van der Waals surface area (Å²) < 4.78 is 1.31. The average molecular weight is 212 g/mol. The van der Waals surface area contributed by atoms with Crippen LogP contribution in [0.3, 0.4) is 0 Å². The number of unbranched alkanes of at least 4 members (excludes halogenated alkanes) is 1. The first kappa shape index (κ1) is 11.7. The first-order chi connectivity index (χ1) is 7.07. The van der Waals surface area contributed by atoms with Gasteiger partial charge in [-0.15, -0.1) is 0 Å². The predicted molar refractivity (Wildman–Crippen MR) is 57.1 cm³/mol. The van der Waals surface area contributed by atoms with Gasteiger partial charge in [0.2, 0.25) is 0 Å². The summed E-state index contributed by atoms with van der Waals surface area (Å²) in [6.45, 7) is 3.82. The monoisotopic (exact) mass is 212 g/mol. The fourth-order valence-electron chi connectivity index (χ4n) is 1.33. The van der Waals surface area contributed by atoms with E-state index in [-0.39, 0.29) is 17.7 Å². The zero-order valence-electron chi connectivity index (χ0n) is 9.04. The second kappa shape index (κ2) is 4.93. The fourth-order valence-corrected chi connectivity index (χ4v) is 1.33. The topological polar surface area (TPSA) is 75.1 Å². The van der Waals surface area contributed by atoms with Crippen molar-refractivity contribution in [3.05, 3.63) is 31.8 Å². The van der Waals surface area contributed by atoms with Crippen LogP contribution in [-0.4, -0.2) is 21.5 Å². The van der Waals surface area contributed by atoms with Crippen molar-refractivity contribution in [2.24, 2.45) is 0 Å². The molecule has 0 aliphatic rings. The van der Waals surface area contributed by atoms with Crippen molar-refractivity contribution in [1.29, 1.82) is 0 Å². The van der Waals surface area contributed by atoms with Crippen molar-refractivity contribution in [1.82, 2.24) is 9.78 Å². The van der Waals surface area contributed by atoms with Gasteiger partial charge in [-0.05, 0) is 26.7 Å². The van der Waals surface area contributed by atoms with Gasteiger partial charge in [-0.25, -0.2) is 0 Å². The molecule has 0 aromatic carbocycles. The number of aliphatic hydroxyl groups is 1. The average Bonchev–Trinajstić information content (AvgIpc) is 2.23. The summed E-state index contributed by atoms with van der Waals surface area (Å²) in [5.41, 5.74) is 0.572. The SMILES string of the molecule is Cc1c(C)c(=O)n(CCCCO)[nH]c1=O. The second-order valence-electron chi connectivity index (χ2n) is 3.58. The lowest BCUT2D eigenvalue weighted by molar-refractivity contribution is 0.279. The molecule has 1 aromatic heterocycles. The molecule has 1 aromatic rings. The molecule has 0 radical (unpaired) electrons. The number of H-pyrrole nitrogens is 1. The summed E-state index contributed by atoms with van der Waals surface area (Å²) in [7, 11) is 0. The molecule has 0 aliphatic carbocycles. The number of hydrogen-bond acceptors (Lipinski definition) is 3. The Morgan fingerprint density at radius 2 is 1.87 bits per heavy atom. The van der Waals surface area contributed by atoms with Gasteiger partial charge in [0.15, 0.2) is 0 Å². The van der Waals surface area contributed by atoms with Crippen LogP contribution in [-0.2, 0) is 6.54 Å². The van der Waals surface area contributed by atoms with Crippen molar-refractivity contribution in [2.45, 2.75) is 33.2 Å². The molecule has 0 amide bonds. The van der Waals surface area contributed by atoms with E-state index in [1.165, 1.54) is 4.68 Å². The van der Waals surface area contributed by atoms with Crippen LogP contribution < -0.4 is 11.1 Å². The minimum atomic E-state index is -0.226. The summed E-state index contributed by atoms with van der Waals surface area (Å²) in [5.74, 6) is 0. The van der Waals surface area contributed by atoms with E-state index in [9.17, 15) is 9.59 Å². The Bertz CT molecular complexity index is 445. The zero-order valence-corrected chi connectivity index (χ0v) is 9.04. The zero-order chi connectivity index (χ0) is 11.4. The van der Waals surface area contributed by atoms with Gasteiger partial charge in [0.05, 0.1) is 0 Å². The number of hydrogen-bond donors (Lipinski definition) is 2. The van der Waals surface area contributed by atoms with Crippen molar-refractivity contribution in [3.8, 4) is 0 Å². The van der Waals surface area contributed by atoms with E-state index in [4.69, 9.17) is 5.11 Å². The Kier molecular flexibility index (Phi) is 3.85. The van der Waals surface area contributed by atoms with Crippen LogP contribution >= 0.6 is 0 Å². The number of aliphatic hydroxyl groups excluding tert-OH is 1. The highest BCUT2D eigenvalue weighted by atomic mass is 16.3. The van der Waals surface area contributed by atoms with Crippen LogP contribution in [0.5, 0.6) is 0 Å². The highest BCUT2D eigenvalue weighted by Gasteiger charge is 2.06. The first-order valence-corrected chi connectivity index (χ1v) is 4.99. The maximum atomic E-state index is 11.7. The Morgan fingerprint density at radius 3 is 2.47 bits per heavy atom. The van der Waals surface area contributed by atoms with Crippen molar-refractivity contribution in [2.75, 3.05) is 6.61 Å². The van der Waals surface area contributed by atoms with Crippen molar-refractivity contribution in [3.63, 3.8) is 0 Å². The van der Waals surface area contributed by atoms with E-state index >= 15 is 0 Å². The Hall–Kier alpha value is -1.36. The fraction of sp³-hybridized carbons (Fsp3) is 0.600. The minimum absolute atomic E-state index is 0.101. The lowest BCUT2D eigenvalue weighted by Crippen LogP contribution is -2.33. The molecule has 0 unspecified atom stereocenters. The Morgan fingerprint density at radius 1 is 1.20 bits per heavy atom. The number of aromatic nitrogens is 2. The van der Waals surface area contributed by atoms with E-state index in [0.29, 0.717) is 30.5 Å². The van der Waals surface area contributed by atoms with E-state index in [2.05, 4.69) is 5.10 Å². The molecular formula is C10H16N2O3. The van der Waals surface area contributed by atoms with Crippen LogP contribution in [0.2, 0.25) is 0 Å². The molecule has 5 heteroatoms. The Labute approximate surface area is 87.4 Å². The van der Waals surface area contributed by atoms with E-state index in [1.807, 2.05) is 0 Å². The van der Waals surface area contributed by atoms with E-state index < -0.39 is 0 Å². The highest BCUT2D eigenvalue weighted by Crippen LogP contribution is 1.93. The third-order valence-electron chi connectivity index (χ3n) is 2.50. The third kappa shape index (κ3) is 2.56. The minimum Gasteiger partial charge on any atom is -0.396 e. The lowest BCUT2D eigenvalue weighted by atomic mass is 10.2. The summed E-state index contributed by atoms with van der Waals surface area (Å²) in [6.07, 6.45) is 1.30. The number of nitrogens with zero attached hydrogens (tertiary/aromatic N) is 1. The smallest absolute Gasteiger partial charge is 0.268 e. The molecule has 0 fully saturated rings. The van der Waals surface area contributed by atoms with Gasteiger partial charge >= 0.3 is 0 Å². The van der Waals surface area contributed by atoms with Crippen LogP contribution in [0.4, 0.5) is 0 Å². The molecule has 5 nitrogen and oxygen atoms in total. The maximum Gasteiger partial charge on any atom is 0.268 e. The number of nitrogens with one attached hydrogen (secondary N) is 1. The van der Waals surface area contributed by atoms with Gasteiger partial charge in [-0.1, -0.05) is 0 Å². The first-order valence-electron chi connectivity index (χ1n) is 4.99. The summed E-state index contributed by atoms with van der Waals surface area (Å²) in [4.78, 5) is 23.0. The number of aromatic amines is 1. The number of aryl methyl sites for hydroxylation is 1. The predicted octanol–water partition coefficient (Wildman–Crippen LogP) is -0.0741. The van der Waals surface area contributed by atoms with E-state index in [0.717, 1.165) is 0 Å². The van der Waals surface area contributed by atoms with Gasteiger partial charge in [0.1, 0.15) is 0 Å².